The van der Waals surface area contributed by atoms with Gasteiger partial charge in [0.15, 0.2) is 0 Å². The Kier molecular flexibility index (Phi) is 7.85. The van der Waals surface area contributed by atoms with E-state index in [2.05, 4.69) is 0 Å². The van der Waals surface area contributed by atoms with Crippen LogP contribution in [0.2, 0.25) is 0 Å². The average molecular weight is 411 g/mol. The van der Waals surface area contributed by atoms with Gasteiger partial charge >= 0.3 is 6.18 Å². The number of carbonyl (C=O) groups is 1. The summed E-state index contributed by atoms with van der Waals surface area (Å²) in [5, 5.41) is 11.2. The predicted octanol–water partition coefficient (Wildman–Crippen LogP) is 2.81. The van der Waals surface area contributed by atoms with Crippen LogP contribution in [-0.4, -0.2) is 48.0 Å². The van der Waals surface area contributed by atoms with Crippen molar-refractivity contribution in [3.05, 3.63) is 33.9 Å². The highest BCUT2D eigenvalue weighted by Crippen LogP contribution is 2.36. The van der Waals surface area contributed by atoms with Crippen LogP contribution >= 0.6 is 12.4 Å². The Balaban J connectivity index is 0.00000364. The summed E-state index contributed by atoms with van der Waals surface area (Å²) in [7, 11) is 0. The van der Waals surface area contributed by atoms with Gasteiger partial charge in [-0.05, 0) is 18.6 Å². The Morgan fingerprint density at radius 1 is 1.30 bits per heavy atom. The van der Waals surface area contributed by atoms with Gasteiger partial charge in [0.2, 0.25) is 5.91 Å². The van der Waals surface area contributed by atoms with E-state index in [0.29, 0.717) is 25.6 Å². The van der Waals surface area contributed by atoms with Crippen LogP contribution in [0.15, 0.2) is 18.2 Å². The largest absolute Gasteiger partial charge is 0.416 e. The minimum atomic E-state index is -4.65. The van der Waals surface area contributed by atoms with Gasteiger partial charge < -0.3 is 15.5 Å². The number of amides is 1. The molecule has 0 spiro atoms. The van der Waals surface area contributed by atoms with E-state index < -0.39 is 28.4 Å². The predicted molar refractivity (Wildman–Crippen MR) is 97.0 cm³/mol. The third-order valence-corrected chi connectivity index (χ3v) is 4.35. The average Bonchev–Trinajstić information content (AvgIpc) is 2.60. The minimum Gasteiger partial charge on any atom is -0.362 e. The molecule has 1 fully saturated rings. The topological polar surface area (TPSA) is 92.7 Å². The van der Waals surface area contributed by atoms with Crippen molar-refractivity contribution in [3.8, 4) is 0 Å². The molecule has 1 aliphatic rings. The standard InChI is InChI=1S/C16H21F3N4O3.ClH/c1-2-3-12(20)15(24)22-8-6-21(7-9-22)13-5-4-11(16(17,18)19)10-14(13)23(25)26;/h4-5,10,12H,2-3,6-9,20H2,1H3;1H. The third-order valence-electron chi connectivity index (χ3n) is 4.35. The fourth-order valence-corrected chi connectivity index (χ4v) is 2.95. The maximum Gasteiger partial charge on any atom is 0.416 e. The summed E-state index contributed by atoms with van der Waals surface area (Å²) in [6.45, 7) is 3.13. The highest BCUT2D eigenvalue weighted by Gasteiger charge is 2.34. The van der Waals surface area contributed by atoms with Crippen molar-refractivity contribution in [2.75, 3.05) is 31.1 Å². The molecule has 1 aliphatic heterocycles. The zero-order chi connectivity index (χ0) is 19.5. The Hall–Kier alpha value is -2.07. The van der Waals surface area contributed by atoms with Gasteiger partial charge in [-0.15, -0.1) is 12.4 Å². The second kappa shape index (κ2) is 9.23. The molecule has 1 aromatic rings. The molecule has 0 radical (unpaired) electrons. The number of nitrogens with zero attached hydrogens (tertiary/aromatic N) is 3. The molecule has 0 aliphatic carbocycles. The maximum absolute atomic E-state index is 12.8. The van der Waals surface area contributed by atoms with E-state index in [9.17, 15) is 28.1 Å². The van der Waals surface area contributed by atoms with Gasteiger partial charge in [-0.3, -0.25) is 14.9 Å². The van der Waals surface area contributed by atoms with Crippen LogP contribution in [0.4, 0.5) is 24.5 Å². The summed E-state index contributed by atoms with van der Waals surface area (Å²) in [4.78, 5) is 25.8. The van der Waals surface area contributed by atoms with Crippen molar-refractivity contribution in [2.45, 2.75) is 32.0 Å². The van der Waals surface area contributed by atoms with Crippen molar-refractivity contribution in [1.82, 2.24) is 4.90 Å². The summed E-state index contributed by atoms with van der Waals surface area (Å²) in [5.41, 5.74) is 4.29. The van der Waals surface area contributed by atoms with Gasteiger partial charge in [0.25, 0.3) is 5.69 Å². The smallest absolute Gasteiger partial charge is 0.362 e. The molecule has 2 rings (SSSR count). The highest BCUT2D eigenvalue weighted by atomic mass is 35.5. The summed E-state index contributed by atoms with van der Waals surface area (Å²) in [6.07, 6.45) is -3.29. The molecule has 7 nitrogen and oxygen atoms in total. The lowest BCUT2D eigenvalue weighted by molar-refractivity contribution is -0.384. The van der Waals surface area contributed by atoms with Crippen molar-refractivity contribution in [3.63, 3.8) is 0 Å². The van der Waals surface area contributed by atoms with Crippen LogP contribution in [0.5, 0.6) is 0 Å². The number of hydrogen-bond donors (Lipinski definition) is 1. The number of carbonyl (C=O) groups excluding carboxylic acids is 1. The van der Waals surface area contributed by atoms with Crippen LogP contribution in [0.25, 0.3) is 0 Å². The maximum atomic E-state index is 12.8. The molecular formula is C16H22ClF3N4O3. The number of benzene rings is 1. The molecule has 0 aromatic heterocycles. The molecule has 27 heavy (non-hydrogen) atoms. The van der Waals surface area contributed by atoms with Gasteiger partial charge in [-0.1, -0.05) is 13.3 Å². The van der Waals surface area contributed by atoms with Crippen LogP contribution in [0.1, 0.15) is 25.3 Å². The number of nitro groups is 1. The van der Waals surface area contributed by atoms with Gasteiger partial charge in [-0.25, -0.2) is 0 Å². The molecule has 1 amide bonds. The molecule has 1 saturated heterocycles. The van der Waals surface area contributed by atoms with Crippen LogP contribution in [0.3, 0.4) is 0 Å². The number of nitro benzene ring substituents is 1. The first kappa shape index (κ1) is 23.0. The Bertz CT molecular complexity index is 679. The van der Waals surface area contributed by atoms with Gasteiger partial charge in [0.1, 0.15) is 5.69 Å². The zero-order valence-corrected chi connectivity index (χ0v) is 15.6. The van der Waals surface area contributed by atoms with E-state index in [1.165, 1.54) is 0 Å². The first-order valence-electron chi connectivity index (χ1n) is 8.30. The Morgan fingerprint density at radius 2 is 1.89 bits per heavy atom. The van der Waals surface area contributed by atoms with Crippen molar-refractivity contribution >= 4 is 29.7 Å². The lowest BCUT2D eigenvalue weighted by Crippen LogP contribution is -2.53. The second-order valence-corrected chi connectivity index (χ2v) is 6.17. The monoisotopic (exact) mass is 410 g/mol. The molecule has 152 valence electrons. The highest BCUT2D eigenvalue weighted by molar-refractivity contribution is 5.85. The zero-order valence-electron chi connectivity index (χ0n) is 14.7. The lowest BCUT2D eigenvalue weighted by Gasteiger charge is -2.36. The van der Waals surface area contributed by atoms with Crippen molar-refractivity contribution < 1.29 is 22.9 Å². The SMILES string of the molecule is CCCC(N)C(=O)N1CCN(c2ccc(C(F)(F)F)cc2[N+](=O)[O-])CC1.Cl. The lowest BCUT2D eigenvalue weighted by atomic mass is 10.1. The second-order valence-electron chi connectivity index (χ2n) is 6.17. The molecule has 1 aromatic carbocycles. The van der Waals surface area contributed by atoms with Crippen LogP contribution in [0, 0.1) is 10.1 Å². The number of alkyl halides is 3. The molecule has 0 bridgehead atoms. The minimum absolute atomic E-state index is 0. The number of rotatable bonds is 5. The van der Waals surface area contributed by atoms with E-state index >= 15 is 0 Å². The number of hydrogen-bond acceptors (Lipinski definition) is 5. The van der Waals surface area contributed by atoms with Gasteiger partial charge in [-0.2, -0.15) is 13.2 Å². The van der Waals surface area contributed by atoms with E-state index in [1.54, 1.807) is 9.80 Å². The third kappa shape index (κ3) is 5.46. The summed E-state index contributed by atoms with van der Waals surface area (Å²) in [6, 6.07) is 1.91. The fraction of sp³-hybridized carbons (Fsp3) is 0.562. The molecule has 1 unspecified atom stereocenters. The molecular weight excluding hydrogens is 389 g/mol. The first-order chi connectivity index (χ1) is 12.1. The van der Waals surface area contributed by atoms with E-state index in [1.807, 2.05) is 6.92 Å². The van der Waals surface area contributed by atoms with Gasteiger partial charge in [0, 0.05) is 32.2 Å². The first-order valence-corrected chi connectivity index (χ1v) is 8.30. The molecule has 11 heteroatoms. The summed E-state index contributed by atoms with van der Waals surface area (Å²) in [5.74, 6) is -0.173. The van der Waals surface area contributed by atoms with Crippen LogP contribution in [-0.2, 0) is 11.0 Å². The summed E-state index contributed by atoms with van der Waals surface area (Å²) >= 11 is 0. The fourth-order valence-electron chi connectivity index (χ4n) is 2.95. The summed E-state index contributed by atoms with van der Waals surface area (Å²) < 4.78 is 38.4. The number of nitrogens with two attached hydrogens (primary N) is 1. The normalized spacial score (nSPS) is 15.9. The quantitative estimate of drug-likeness (QED) is 0.595. The number of halogens is 4. The van der Waals surface area contributed by atoms with Gasteiger partial charge in [0.05, 0.1) is 16.5 Å². The van der Waals surface area contributed by atoms with Crippen LogP contribution < -0.4 is 10.6 Å². The van der Waals surface area contributed by atoms with Crippen molar-refractivity contribution in [1.29, 1.82) is 0 Å². The number of anilines is 1. The molecule has 1 atom stereocenters. The molecule has 2 N–H and O–H groups in total. The Labute approximate surface area is 160 Å². The van der Waals surface area contributed by atoms with E-state index in [4.69, 9.17) is 5.73 Å². The Morgan fingerprint density at radius 3 is 2.37 bits per heavy atom. The number of piperazine rings is 1. The molecule has 1 heterocycles. The van der Waals surface area contributed by atoms with Crippen molar-refractivity contribution in [2.24, 2.45) is 5.73 Å². The van der Waals surface area contributed by atoms with E-state index in [0.717, 1.165) is 18.6 Å². The van der Waals surface area contributed by atoms with E-state index in [-0.39, 0.29) is 37.1 Å². The molecule has 0 saturated carbocycles.